The van der Waals surface area contributed by atoms with Crippen molar-refractivity contribution in [3.8, 4) is 11.5 Å². The minimum Gasteiger partial charge on any atom is -0.497 e. The lowest BCUT2D eigenvalue weighted by Gasteiger charge is -2.23. The number of methoxy groups -OCH3 is 2. The molecule has 0 radical (unpaired) electrons. The summed E-state index contributed by atoms with van der Waals surface area (Å²) >= 11 is 0. The number of benzene rings is 2. The second-order valence-corrected chi connectivity index (χ2v) is 7.45. The van der Waals surface area contributed by atoms with Crippen LogP contribution in [-0.4, -0.2) is 30.1 Å². The Hall–Kier alpha value is -3.41. The van der Waals surface area contributed by atoms with E-state index in [0.717, 1.165) is 52.9 Å². The van der Waals surface area contributed by atoms with Gasteiger partial charge in [0.2, 0.25) is 0 Å². The van der Waals surface area contributed by atoms with Crippen LogP contribution in [0.5, 0.6) is 11.5 Å². The van der Waals surface area contributed by atoms with Gasteiger partial charge in [0, 0.05) is 27.5 Å². The number of aryl methyl sites for hydroxylation is 1. The molecule has 29 heavy (non-hydrogen) atoms. The van der Waals surface area contributed by atoms with E-state index in [4.69, 9.17) is 9.47 Å². The fourth-order valence-corrected chi connectivity index (χ4v) is 4.38. The summed E-state index contributed by atoms with van der Waals surface area (Å²) in [6.45, 7) is 0. The summed E-state index contributed by atoms with van der Waals surface area (Å²) in [4.78, 5) is 19.7. The van der Waals surface area contributed by atoms with Crippen LogP contribution in [0.1, 0.15) is 40.6 Å². The van der Waals surface area contributed by atoms with E-state index >= 15 is 0 Å². The summed E-state index contributed by atoms with van der Waals surface area (Å²) in [5.41, 5.74) is 4.87. The van der Waals surface area contributed by atoms with Gasteiger partial charge in [0.15, 0.2) is 0 Å². The van der Waals surface area contributed by atoms with Crippen LogP contribution in [0.25, 0.3) is 21.8 Å². The van der Waals surface area contributed by atoms with Crippen LogP contribution >= 0.6 is 0 Å². The molecule has 1 unspecified atom stereocenters. The maximum atomic E-state index is 13.0. The molecule has 0 spiro atoms. The molecule has 4 aromatic rings. The predicted octanol–water partition coefficient (Wildman–Crippen LogP) is 4.47. The van der Waals surface area contributed by atoms with Crippen molar-refractivity contribution in [2.45, 2.75) is 25.3 Å². The van der Waals surface area contributed by atoms with Crippen molar-refractivity contribution in [3.63, 3.8) is 0 Å². The molecule has 0 aliphatic heterocycles. The van der Waals surface area contributed by atoms with Crippen LogP contribution in [-0.2, 0) is 6.42 Å². The Balaban J connectivity index is 1.47. The first-order chi connectivity index (χ1) is 14.2. The third-order valence-electron chi connectivity index (χ3n) is 5.81. The van der Waals surface area contributed by atoms with Gasteiger partial charge in [-0.1, -0.05) is 6.07 Å². The first-order valence-corrected chi connectivity index (χ1v) is 9.83. The van der Waals surface area contributed by atoms with Gasteiger partial charge >= 0.3 is 0 Å². The summed E-state index contributed by atoms with van der Waals surface area (Å²) in [5.74, 6) is 1.48. The molecular weight excluding hydrogens is 366 g/mol. The van der Waals surface area contributed by atoms with Gasteiger partial charge in [-0.15, -0.1) is 0 Å². The van der Waals surface area contributed by atoms with Crippen molar-refractivity contribution in [2.75, 3.05) is 14.2 Å². The van der Waals surface area contributed by atoms with Gasteiger partial charge in [0.25, 0.3) is 5.91 Å². The standard InChI is InChI=1S/C23H23N3O3/c1-28-13-9-10-18-15(11-13)14-5-3-7-19(22(14)25-18)26-23(27)20-12-16-17(24-20)6-4-8-21(16)29-2/h4,6,8-12,19,24-25H,3,5,7H2,1-2H3,(H,26,27). The molecule has 1 aliphatic rings. The molecule has 0 fully saturated rings. The molecule has 6 nitrogen and oxygen atoms in total. The third-order valence-corrected chi connectivity index (χ3v) is 5.81. The number of nitrogens with one attached hydrogen (secondary N) is 3. The normalized spacial score (nSPS) is 16.0. The third kappa shape index (κ3) is 2.92. The molecule has 148 valence electrons. The van der Waals surface area contributed by atoms with Crippen LogP contribution in [0.4, 0.5) is 0 Å². The molecule has 6 heteroatoms. The van der Waals surface area contributed by atoms with E-state index in [0.29, 0.717) is 5.69 Å². The highest BCUT2D eigenvalue weighted by Gasteiger charge is 2.26. The second-order valence-electron chi connectivity index (χ2n) is 7.45. The molecule has 1 aliphatic carbocycles. The fourth-order valence-electron chi connectivity index (χ4n) is 4.38. The Bertz CT molecular complexity index is 1220. The van der Waals surface area contributed by atoms with E-state index < -0.39 is 0 Å². The van der Waals surface area contributed by atoms with Crippen molar-refractivity contribution in [1.82, 2.24) is 15.3 Å². The molecule has 5 rings (SSSR count). The van der Waals surface area contributed by atoms with Crippen molar-refractivity contribution >= 4 is 27.7 Å². The molecule has 0 saturated heterocycles. The van der Waals surface area contributed by atoms with E-state index in [1.807, 2.05) is 36.4 Å². The highest BCUT2D eigenvalue weighted by Crippen LogP contribution is 2.36. The van der Waals surface area contributed by atoms with E-state index in [1.165, 1.54) is 10.9 Å². The van der Waals surface area contributed by atoms with Crippen molar-refractivity contribution in [2.24, 2.45) is 0 Å². The number of ether oxygens (including phenoxy) is 2. The zero-order valence-electron chi connectivity index (χ0n) is 16.5. The van der Waals surface area contributed by atoms with Crippen molar-refractivity contribution < 1.29 is 14.3 Å². The minimum atomic E-state index is -0.114. The van der Waals surface area contributed by atoms with Crippen LogP contribution in [0.15, 0.2) is 42.5 Å². The highest BCUT2D eigenvalue weighted by atomic mass is 16.5. The van der Waals surface area contributed by atoms with Gasteiger partial charge in [0.05, 0.1) is 20.3 Å². The maximum Gasteiger partial charge on any atom is 0.268 e. The topological polar surface area (TPSA) is 79.1 Å². The van der Waals surface area contributed by atoms with Gasteiger partial charge in [-0.3, -0.25) is 4.79 Å². The quantitative estimate of drug-likeness (QED) is 0.482. The average molecular weight is 389 g/mol. The van der Waals surface area contributed by atoms with Crippen LogP contribution < -0.4 is 14.8 Å². The zero-order valence-corrected chi connectivity index (χ0v) is 16.5. The second kappa shape index (κ2) is 6.88. The number of carbonyl (C=O) groups excluding carboxylic acids is 1. The van der Waals surface area contributed by atoms with Gasteiger partial charge in [-0.25, -0.2) is 0 Å². The number of amides is 1. The number of hydrogen-bond acceptors (Lipinski definition) is 3. The lowest BCUT2D eigenvalue weighted by Crippen LogP contribution is -2.31. The number of carbonyl (C=O) groups is 1. The van der Waals surface area contributed by atoms with E-state index in [2.05, 4.69) is 21.4 Å². The molecule has 0 saturated carbocycles. The van der Waals surface area contributed by atoms with Gasteiger partial charge in [0.1, 0.15) is 17.2 Å². The summed E-state index contributed by atoms with van der Waals surface area (Å²) < 4.78 is 10.8. The number of fused-ring (bicyclic) bond motifs is 4. The summed E-state index contributed by atoms with van der Waals surface area (Å²) in [6.07, 6.45) is 2.94. The first-order valence-electron chi connectivity index (χ1n) is 9.83. The smallest absolute Gasteiger partial charge is 0.268 e. The number of aromatic nitrogens is 2. The Morgan fingerprint density at radius 1 is 1.03 bits per heavy atom. The van der Waals surface area contributed by atoms with Crippen molar-refractivity contribution in [3.05, 3.63) is 59.4 Å². The average Bonchev–Trinajstić information content (AvgIpc) is 3.35. The summed E-state index contributed by atoms with van der Waals surface area (Å²) in [6, 6.07) is 13.6. The fraction of sp³-hybridized carbons (Fsp3) is 0.261. The van der Waals surface area contributed by atoms with Crippen LogP contribution in [0.2, 0.25) is 0 Å². The number of rotatable bonds is 4. The summed E-state index contributed by atoms with van der Waals surface area (Å²) in [5, 5.41) is 5.29. The molecule has 3 N–H and O–H groups in total. The van der Waals surface area contributed by atoms with Crippen LogP contribution in [0, 0.1) is 0 Å². The highest BCUT2D eigenvalue weighted by molar-refractivity contribution is 6.00. The zero-order chi connectivity index (χ0) is 20.0. The lowest BCUT2D eigenvalue weighted by atomic mass is 9.91. The first kappa shape index (κ1) is 17.7. The van der Waals surface area contributed by atoms with Crippen molar-refractivity contribution in [1.29, 1.82) is 0 Å². The molecule has 1 atom stereocenters. The molecule has 2 aromatic heterocycles. The Kier molecular flexibility index (Phi) is 4.19. The van der Waals surface area contributed by atoms with Gasteiger partial charge in [-0.05, 0) is 61.2 Å². The minimum absolute atomic E-state index is 0.0436. The maximum absolute atomic E-state index is 13.0. The van der Waals surface area contributed by atoms with Gasteiger partial charge in [-0.2, -0.15) is 0 Å². The predicted molar refractivity (Wildman–Crippen MR) is 113 cm³/mol. The van der Waals surface area contributed by atoms with Gasteiger partial charge < -0.3 is 24.8 Å². The van der Waals surface area contributed by atoms with E-state index in [1.54, 1.807) is 14.2 Å². The number of H-pyrrole nitrogens is 2. The SMILES string of the molecule is COc1ccc2[nH]c3c(c2c1)CCCC3NC(=O)c1cc2c(OC)cccc2[nH]1. The van der Waals surface area contributed by atoms with E-state index in [-0.39, 0.29) is 11.9 Å². The molecule has 1 amide bonds. The molecule has 2 heterocycles. The molecular formula is C23H23N3O3. The Morgan fingerprint density at radius 2 is 1.90 bits per heavy atom. The lowest BCUT2D eigenvalue weighted by molar-refractivity contribution is 0.0927. The Labute approximate surface area is 168 Å². The van der Waals surface area contributed by atoms with E-state index in [9.17, 15) is 4.79 Å². The summed E-state index contributed by atoms with van der Waals surface area (Å²) in [7, 11) is 3.31. The number of hydrogen-bond donors (Lipinski definition) is 3. The molecule has 0 bridgehead atoms. The molecule has 2 aromatic carbocycles. The Morgan fingerprint density at radius 3 is 2.72 bits per heavy atom. The monoisotopic (exact) mass is 389 g/mol. The van der Waals surface area contributed by atoms with Crippen LogP contribution in [0.3, 0.4) is 0 Å². The number of aromatic amines is 2. The largest absolute Gasteiger partial charge is 0.497 e.